The van der Waals surface area contributed by atoms with Gasteiger partial charge in [-0.25, -0.2) is 0 Å². The molecule has 3 aromatic rings. The van der Waals surface area contributed by atoms with Crippen molar-refractivity contribution in [3.63, 3.8) is 0 Å². The van der Waals surface area contributed by atoms with Crippen LogP contribution in [0.3, 0.4) is 0 Å². The molecule has 4 heterocycles. The Morgan fingerprint density at radius 3 is 2.59 bits per heavy atom. The van der Waals surface area contributed by atoms with Gasteiger partial charge in [0.1, 0.15) is 11.6 Å². The molecule has 6 nitrogen and oxygen atoms in total. The van der Waals surface area contributed by atoms with E-state index in [1.165, 1.54) is 35.7 Å². The highest BCUT2D eigenvalue weighted by molar-refractivity contribution is 7.99. The molecule has 2 fully saturated rings. The van der Waals surface area contributed by atoms with Gasteiger partial charge in [0.2, 0.25) is 0 Å². The summed E-state index contributed by atoms with van der Waals surface area (Å²) in [6.45, 7) is 9.04. The lowest BCUT2D eigenvalue weighted by molar-refractivity contribution is 0.202. The minimum absolute atomic E-state index is 0.424. The Morgan fingerprint density at radius 1 is 1.03 bits per heavy atom. The molecule has 0 N–H and O–H groups in total. The molecule has 0 amide bonds. The molecule has 2 saturated heterocycles. The van der Waals surface area contributed by atoms with Crippen molar-refractivity contribution in [2.24, 2.45) is 0 Å². The molecule has 5 rings (SSSR count). The second-order valence-corrected chi connectivity index (χ2v) is 11.8. The van der Waals surface area contributed by atoms with E-state index in [1.807, 2.05) is 29.2 Å². The summed E-state index contributed by atoms with van der Waals surface area (Å²) >= 11 is 3.74. The summed E-state index contributed by atoms with van der Waals surface area (Å²) in [7, 11) is 1.72. The summed E-state index contributed by atoms with van der Waals surface area (Å²) in [5.74, 6) is 3.43. The molecule has 0 aliphatic carbocycles. The first kappa shape index (κ1) is 23.9. The van der Waals surface area contributed by atoms with Crippen LogP contribution in [0.25, 0.3) is 5.69 Å². The fourth-order valence-electron chi connectivity index (χ4n) is 5.04. The second kappa shape index (κ2) is 11.2. The lowest BCUT2D eigenvalue weighted by Crippen LogP contribution is -2.33. The molecule has 0 bridgehead atoms. The van der Waals surface area contributed by atoms with Gasteiger partial charge in [-0.2, -0.15) is 0 Å². The molecule has 0 atom stereocenters. The first-order valence-corrected chi connectivity index (χ1v) is 14.2. The maximum absolute atomic E-state index is 5.53. The van der Waals surface area contributed by atoms with E-state index in [-0.39, 0.29) is 0 Å². The number of rotatable bonds is 9. The van der Waals surface area contributed by atoms with Crippen molar-refractivity contribution in [2.45, 2.75) is 50.2 Å². The van der Waals surface area contributed by atoms with Crippen LogP contribution in [0, 0.1) is 6.92 Å². The van der Waals surface area contributed by atoms with Crippen LogP contribution in [0.4, 0.5) is 0 Å². The number of hydrogen-bond donors (Lipinski definition) is 0. The number of ether oxygens (including phenoxy) is 1. The van der Waals surface area contributed by atoms with Crippen molar-refractivity contribution >= 4 is 23.1 Å². The van der Waals surface area contributed by atoms with Crippen molar-refractivity contribution in [1.82, 2.24) is 24.6 Å². The van der Waals surface area contributed by atoms with Crippen LogP contribution in [0.2, 0.25) is 0 Å². The monoisotopic (exact) mass is 497 g/mol. The van der Waals surface area contributed by atoms with E-state index in [1.54, 1.807) is 7.11 Å². The van der Waals surface area contributed by atoms with Crippen LogP contribution in [0.15, 0.2) is 41.6 Å². The Balaban J connectivity index is 1.31. The summed E-state index contributed by atoms with van der Waals surface area (Å²) in [4.78, 5) is 8.00. The van der Waals surface area contributed by atoms with E-state index in [4.69, 9.17) is 9.84 Å². The van der Waals surface area contributed by atoms with Crippen LogP contribution >= 0.6 is 23.1 Å². The highest BCUT2D eigenvalue weighted by Gasteiger charge is 2.27. The van der Waals surface area contributed by atoms with Gasteiger partial charge in [-0.05, 0) is 83.1 Å². The number of likely N-dealkylation sites (tertiary alicyclic amines) is 2. The molecule has 34 heavy (non-hydrogen) atoms. The minimum Gasteiger partial charge on any atom is -0.497 e. The fraction of sp³-hybridized carbons (Fsp3) is 0.538. The zero-order chi connectivity index (χ0) is 23.3. The summed E-state index contributed by atoms with van der Waals surface area (Å²) in [6, 6.07) is 12.8. The zero-order valence-corrected chi connectivity index (χ0v) is 21.9. The van der Waals surface area contributed by atoms with Crippen LogP contribution in [-0.4, -0.2) is 70.2 Å². The van der Waals surface area contributed by atoms with Crippen LogP contribution in [0.5, 0.6) is 5.75 Å². The van der Waals surface area contributed by atoms with E-state index in [9.17, 15) is 0 Å². The highest BCUT2D eigenvalue weighted by atomic mass is 32.2. The van der Waals surface area contributed by atoms with Gasteiger partial charge < -0.3 is 9.64 Å². The van der Waals surface area contributed by atoms with Crippen molar-refractivity contribution in [1.29, 1.82) is 0 Å². The molecule has 2 aliphatic heterocycles. The number of hydrogen-bond acceptors (Lipinski definition) is 7. The Labute approximate surface area is 211 Å². The van der Waals surface area contributed by atoms with Gasteiger partial charge in [0.05, 0.1) is 12.8 Å². The normalized spacial score (nSPS) is 18.1. The average molecular weight is 498 g/mol. The Kier molecular flexibility index (Phi) is 7.89. The van der Waals surface area contributed by atoms with E-state index in [0.29, 0.717) is 5.92 Å². The smallest absolute Gasteiger partial charge is 0.195 e. The molecular weight excluding hydrogens is 462 g/mol. The number of piperidine rings is 1. The third-order valence-electron chi connectivity index (χ3n) is 6.94. The van der Waals surface area contributed by atoms with Crippen LogP contribution in [0.1, 0.15) is 47.2 Å². The number of aryl methyl sites for hydroxylation is 1. The molecule has 0 saturated carbocycles. The van der Waals surface area contributed by atoms with Crippen LogP contribution in [-0.2, 0) is 6.54 Å². The number of nitrogens with zero attached hydrogens (tertiary/aromatic N) is 5. The Hall–Kier alpha value is -1.87. The third kappa shape index (κ3) is 5.67. The van der Waals surface area contributed by atoms with Gasteiger partial charge in [0.25, 0.3) is 0 Å². The molecule has 182 valence electrons. The van der Waals surface area contributed by atoms with Crippen molar-refractivity contribution in [3.8, 4) is 11.4 Å². The molecule has 1 aromatic carbocycles. The molecule has 8 heteroatoms. The standard InChI is InChI=1S/C26H35N5OS2/c1-20-8-9-24(34-20)19-30-14-10-21(11-15-30)25-27-28-26(33-17-16-29-12-3-4-13-29)31(25)22-6-5-7-23(18-22)32-2/h5-9,18,21H,3-4,10-17,19H2,1-2H3. The van der Waals surface area contributed by atoms with Gasteiger partial charge in [-0.3, -0.25) is 9.47 Å². The predicted octanol–water partition coefficient (Wildman–Crippen LogP) is 5.21. The van der Waals surface area contributed by atoms with E-state index in [0.717, 1.165) is 67.2 Å². The number of aromatic nitrogens is 3. The zero-order valence-electron chi connectivity index (χ0n) is 20.3. The predicted molar refractivity (Wildman–Crippen MR) is 141 cm³/mol. The summed E-state index contributed by atoms with van der Waals surface area (Å²) in [5, 5.41) is 10.4. The maximum Gasteiger partial charge on any atom is 0.195 e. The highest BCUT2D eigenvalue weighted by Crippen LogP contribution is 2.33. The lowest BCUT2D eigenvalue weighted by Gasteiger charge is -2.31. The SMILES string of the molecule is COc1cccc(-n2c(SCCN3CCCC3)nnc2C2CCN(Cc3ccc(C)s3)CC2)c1. The van der Waals surface area contributed by atoms with E-state index < -0.39 is 0 Å². The third-order valence-corrected chi connectivity index (χ3v) is 8.83. The number of methoxy groups -OCH3 is 1. The summed E-state index contributed by atoms with van der Waals surface area (Å²) < 4.78 is 7.82. The number of thiophene rings is 1. The van der Waals surface area contributed by atoms with Crippen molar-refractivity contribution < 1.29 is 4.74 Å². The second-order valence-electron chi connectivity index (χ2n) is 9.34. The van der Waals surface area contributed by atoms with Crippen molar-refractivity contribution in [2.75, 3.05) is 45.6 Å². The van der Waals surface area contributed by atoms with Gasteiger partial charge in [0.15, 0.2) is 5.16 Å². The molecule has 2 aromatic heterocycles. The lowest BCUT2D eigenvalue weighted by atomic mass is 9.95. The van der Waals surface area contributed by atoms with Gasteiger partial charge in [-0.1, -0.05) is 17.8 Å². The topological polar surface area (TPSA) is 46.4 Å². The van der Waals surface area contributed by atoms with E-state index >= 15 is 0 Å². The van der Waals surface area contributed by atoms with Crippen molar-refractivity contribution in [3.05, 3.63) is 52.0 Å². The van der Waals surface area contributed by atoms with Gasteiger partial charge in [-0.15, -0.1) is 21.5 Å². The number of thioether (sulfide) groups is 1. The number of benzene rings is 1. The largest absolute Gasteiger partial charge is 0.497 e. The van der Waals surface area contributed by atoms with Gasteiger partial charge in [0, 0.05) is 40.6 Å². The average Bonchev–Trinajstić information content (AvgIpc) is 3.62. The fourth-order valence-corrected chi connectivity index (χ4v) is 6.93. The quantitative estimate of drug-likeness (QED) is 0.378. The first-order valence-electron chi connectivity index (χ1n) is 12.4. The molecule has 0 spiro atoms. The molecule has 2 aliphatic rings. The Morgan fingerprint density at radius 2 is 1.85 bits per heavy atom. The first-order chi connectivity index (χ1) is 16.7. The van der Waals surface area contributed by atoms with E-state index in [2.05, 4.69) is 56.7 Å². The Bertz CT molecular complexity index is 1070. The summed E-state index contributed by atoms with van der Waals surface area (Å²) in [6.07, 6.45) is 4.90. The molecule has 0 radical (unpaired) electrons. The molecule has 0 unspecified atom stereocenters. The van der Waals surface area contributed by atoms with Crippen LogP contribution < -0.4 is 4.74 Å². The van der Waals surface area contributed by atoms with Gasteiger partial charge >= 0.3 is 0 Å². The summed E-state index contributed by atoms with van der Waals surface area (Å²) in [5.41, 5.74) is 1.10. The maximum atomic E-state index is 5.53. The molecular formula is C26H35N5OS2. The minimum atomic E-state index is 0.424.